The number of hydrogen-bond acceptors (Lipinski definition) is 1. The third kappa shape index (κ3) is 2.08. The highest BCUT2D eigenvalue weighted by Crippen LogP contribution is 2.27. The Labute approximate surface area is 100 Å². The molecule has 0 aliphatic carbocycles. The molecule has 0 aliphatic rings. The van der Waals surface area contributed by atoms with Gasteiger partial charge in [-0.15, -0.1) is 0 Å². The second-order valence-electron chi connectivity index (χ2n) is 4.32. The second-order valence-corrected chi connectivity index (χ2v) is 4.73. The van der Waals surface area contributed by atoms with Crippen LogP contribution in [0.25, 0.3) is 10.9 Å². The summed E-state index contributed by atoms with van der Waals surface area (Å²) in [4.78, 5) is 0. The van der Waals surface area contributed by atoms with E-state index in [2.05, 4.69) is 18.4 Å². The predicted molar refractivity (Wildman–Crippen MR) is 67.5 cm³/mol. The number of nitrogens with zero attached hydrogens (tertiary/aromatic N) is 1. The van der Waals surface area contributed by atoms with Crippen molar-refractivity contribution in [2.45, 2.75) is 27.0 Å². The van der Waals surface area contributed by atoms with Gasteiger partial charge in [0.25, 0.3) is 0 Å². The molecule has 1 heterocycles. The lowest BCUT2D eigenvalue weighted by Crippen LogP contribution is -2.00. The number of benzene rings is 1. The van der Waals surface area contributed by atoms with Crippen LogP contribution in [0.5, 0.6) is 0 Å². The molecule has 1 aromatic carbocycles. The van der Waals surface area contributed by atoms with Gasteiger partial charge in [-0.25, -0.2) is 0 Å². The highest BCUT2D eigenvalue weighted by Gasteiger charge is 2.08. The van der Waals surface area contributed by atoms with E-state index in [1.807, 2.05) is 24.4 Å². The van der Waals surface area contributed by atoms with Crippen molar-refractivity contribution < 1.29 is 5.11 Å². The molecule has 1 aromatic heterocycles. The van der Waals surface area contributed by atoms with E-state index in [0.717, 1.165) is 28.0 Å². The van der Waals surface area contributed by atoms with Crippen molar-refractivity contribution in [3.8, 4) is 0 Å². The Balaban J connectivity index is 2.53. The summed E-state index contributed by atoms with van der Waals surface area (Å²) in [6.45, 7) is 5.13. The number of rotatable bonds is 3. The number of halogens is 1. The van der Waals surface area contributed by atoms with Gasteiger partial charge in [-0.1, -0.05) is 31.5 Å². The van der Waals surface area contributed by atoms with Crippen molar-refractivity contribution in [1.82, 2.24) is 4.57 Å². The van der Waals surface area contributed by atoms with Gasteiger partial charge < -0.3 is 9.67 Å². The Morgan fingerprint density at radius 3 is 2.75 bits per heavy atom. The summed E-state index contributed by atoms with van der Waals surface area (Å²) in [5, 5.41) is 10.8. The largest absolute Gasteiger partial charge is 0.392 e. The van der Waals surface area contributed by atoms with E-state index in [1.54, 1.807) is 0 Å². The number of aliphatic hydroxyl groups is 1. The average Bonchev–Trinajstić information content (AvgIpc) is 2.54. The smallest absolute Gasteiger partial charge is 0.0682 e. The van der Waals surface area contributed by atoms with Crippen LogP contribution >= 0.6 is 11.6 Å². The van der Waals surface area contributed by atoms with E-state index in [-0.39, 0.29) is 6.61 Å². The van der Waals surface area contributed by atoms with E-state index < -0.39 is 0 Å². The van der Waals surface area contributed by atoms with Gasteiger partial charge >= 0.3 is 0 Å². The molecule has 16 heavy (non-hydrogen) atoms. The molecule has 0 spiro atoms. The Kier molecular flexibility index (Phi) is 3.22. The lowest BCUT2D eigenvalue weighted by molar-refractivity contribution is 0.282. The molecule has 0 atom stereocenters. The third-order valence-corrected chi connectivity index (χ3v) is 2.87. The van der Waals surface area contributed by atoms with Gasteiger partial charge in [0, 0.05) is 23.6 Å². The Hall–Kier alpha value is -0.990. The van der Waals surface area contributed by atoms with Crippen molar-refractivity contribution in [3.05, 3.63) is 40.9 Å². The summed E-state index contributed by atoms with van der Waals surface area (Å²) >= 11 is 6.18. The Bertz CT molecular complexity index is 502. The van der Waals surface area contributed by atoms with Gasteiger partial charge in [-0.05, 0) is 23.6 Å². The standard InChI is InChI=1S/C13H15ClNO/c1-9(2)6-15-7-12(14)11-5-10(8-16)3-4-13(11)15/h3-5,7,16H,6,8H2,1-2H3. The summed E-state index contributed by atoms with van der Waals surface area (Å²) < 4.78 is 2.13. The fourth-order valence-corrected chi connectivity index (χ4v) is 2.14. The maximum atomic E-state index is 9.09. The van der Waals surface area contributed by atoms with Gasteiger partial charge in [-0.2, -0.15) is 0 Å². The first kappa shape index (κ1) is 11.5. The maximum absolute atomic E-state index is 9.09. The summed E-state index contributed by atoms with van der Waals surface area (Å²) in [6, 6.07) is 5.88. The molecular weight excluding hydrogens is 222 g/mol. The van der Waals surface area contributed by atoms with Gasteiger partial charge in [0.15, 0.2) is 0 Å². The normalized spacial score (nSPS) is 11.6. The van der Waals surface area contributed by atoms with Crippen LogP contribution in [0.3, 0.4) is 0 Å². The fourth-order valence-electron chi connectivity index (χ4n) is 1.87. The number of aromatic nitrogens is 1. The van der Waals surface area contributed by atoms with Crippen LogP contribution in [0.4, 0.5) is 0 Å². The third-order valence-electron chi connectivity index (χ3n) is 2.57. The van der Waals surface area contributed by atoms with Crippen molar-refractivity contribution >= 4 is 22.5 Å². The van der Waals surface area contributed by atoms with Crippen LogP contribution in [0.2, 0.25) is 5.02 Å². The van der Waals surface area contributed by atoms with Gasteiger partial charge in [0.2, 0.25) is 0 Å². The SMILES string of the molecule is C[C](C)Cn1cc(Cl)c2cc(CO)ccc21. The van der Waals surface area contributed by atoms with Crippen molar-refractivity contribution in [2.24, 2.45) is 0 Å². The van der Waals surface area contributed by atoms with Gasteiger partial charge in [0.1, 0.15) is 0 Å². The molecule has 0 amide bonds. The highest BCUT2D eigenvalue weighted by atomic mass is 35.5. The molecule has 2 nitrogen and oxygen atoms in total. The molecule has 0 saturated heterocycles. The number of hydrogen-bond donors (Lipinski definition) is 1. The monoisotopic (exact) mass is 236 g/mol. The van der Waals surface area contributed by atoms with Crippen LogP contribution in [0.1, 0.15) is 19.4 Å². The Morgan fingerprint density at radius 1 is 1.38 bits per heavy atom. The highest BCUT2D eigenvalue weighted by molar-refractivity contribution is 6.35. The number of fused-ring (bicyclic) bond motifs is 1. The minimum Gasteiger partial charge on any atom is -0.392 e. The zero-order chi connectivity index (χ0) is 11.7. The first-order chi connectivity index (χ1) is 7.61. The predicted octanol–water partition coefficient (Wildman–Crippen LogP) is 3.40. The minimum atomic E-state index is 0.0520. The summed E-state index contributed by atoms with van der Waals surface area (Å²) in [5.41, 5.74) is 2.01. The van der Waals surface area contributed by atoms with Gasteiger partial charge in [-0.3, -0.25) is 0 Å². The quantitative estimate of drug-likeness (QED) is 0.868. The molecule has 85 valence electrons. The van der Waals surface area contributed by atoms with Crippen LogP contribution in [0, 0.1) is 5.92 Å². The van der Waals surface area contributed by atoms with Crippen LogP contribution in [-0.2, 0) is 13.2 Å². The lowest BCUT2D eigenvalue weighted by Gasteiger charge is -2.07. The summed E-state index contributed by atoms with van der Waals surface area (Å²) in [6.07, 6.45) is 1.94. The second kappa shape index (κ2) is 4.48. The molecule has 0 aliphatic heterocycles. The molecular formula is C13H15ClNO. The van der Waals surface area contributed by atoms with Gasteiger partial charge in [0.05, 0.1) is 11.6 Å². The number of aliphatic hydroxyl groups excluding tert-OH is 1. The maximum Gasteiger partial charge on any atom is 0.0682 e. The fraction of sp³-hybridized carbons (Fsp3) is 0.308. The molecule has 0 bridgehead atoms. The molecule has 0 saturated carbocycles. The first-order valence-corrected chi connectivity index (χ1v) is 5.67. The van der Waals surface area contributed by atoms with Crippen LogP contribution in [-0.4, -0.2) is 9.67 Å². The van der Waals surface area contributed by atoms with Crippen molar-refractivity contribution in [2.75, 3.05) is 0 Å². The van der Waals surface area contributed by atoms with E-state index in [0.29, 0.717) is 0 Å². The van der Waals surface area contributed by atoms with Crippen molar-refractivity contribution in [1.29, 1.82) is 0 Å². The van der Waals surface area contributed by atoms with E-state index >= 15 is 0 Å². The van der Waals surface area contributed by atoms with Crippen LogP contribution in [0.15, 0.2) is 24.4 Å². The van der Waals surface area contributed by atoms with E-state index in [9.17, 15) is 0 Å². The minimum absolute atomic E-state index is 0.0520. The Morgan fingerprint density at radius 2 is 2.12 bits per heavy atom. The van der Waals surface area contributed by atoms with Crippen molar-refractivity contribution in [3.63, 3.8) is 0 Å². The molecule has 0 fully saturated rings. The summed E-state index contributed by atoms with van der Waals surface area (Å²) in [5.74, 6) is 1.33. The van der Waals surface area contributed by atoms with E-state index in [1.165, 1.54) is 5.92 Å². The molecule has 0 unspecified atom stereocenters. The lowest BCUT2D eigenvalue weighted by atomic mass is 10.1. The zero-order valence-corrected chi connectivity index (χ0v) is 10.3. The average molecular weight is 237 g/mol. The first-order valence-electron chi connectivity index (χ1n) is 5.29. The van der Waals surface area contributed by atoms with Crippen LogP contribution < -0.4 is 0 Å². The molecule has 1 radical (unpaired) electrons. The summed E-state index contributed by atoms with van der Waals surface area (Å²) in [7, 11) is 0. The van der Waals surface area contributed by atoms with E-state index in [4.69, 9.17) is 16.7 Å². The molecule has 2 rings (SSSR count). The molecule has 2 aromatic rings. The zero-order valence-electron chi connectivity index (χ0n) is 9.50. The molecule has 1 N–H and O–H groups in total. The molecule has 3 heteroatoms. The topological polar surface area (TPSA) is 25.2 Å².